The van der Waals surface area contributed by atoms with Crippen molar-refractivity contribution in [2.75, 3.05) is 13.1 Å². The summed E-state index contributed by atoms with van der Waals surface area (Å²) in [6, 6.07) is 0.514. The molecule has 7 heavy (non-hydrogen) atoms. The van der Waals surface area contributed by atoms with Gasteiger partial charge in [-0.1, -0.05) is 0 Å². The van der Waals surface area contributed by atoms with E-state index in [2.05, 4.69) is 5.32 Å². The number of hydrogen-bond acceptors (Lipinski definition) is 1. The minimum absolute atomic E-state index is 0.514. The van der Waals surface area contributed by atoms with Crippen LogP contribution in [0.2, 0.25) is 0 Å². The fourth-order valence-electron chi connectivity index (χ4n) is 0.931. The Balaban J connectivity index is 2.14. The number of rotatable bonds is 1. The fraction of sp³-hybridized carbons (Fsp3) is 1.00. The van der Waals surface area contributed by atoms with Gasteiger partial charge in [0, 0.05) is 12.6 Å². The van der Waals surface area contributed by atoms with Gasteiger partial charge in [-0.3, -0.25) is 5.73 Å². The molecule has 2 N–H and O–H groups in total. The molecule has 1 unspecified atom stereocenters. The van der Waals surface area contributed by atoms with Crippen LogP contribution in [-0.2, 0) is 0 Å². The van der Waals surface area contributed by atoms with E-state index in [1.807, 2.05) is 0 Å². The Kier molecular flexibility index (Phi) is 1.65. The third-order valence-electron chi connectivity index (χ3n) is 1.41. The SMILES string of the molecule is [NH]CC1CCCN1. The van der Waals surface area contributed by atoms with Gasteiger partial charge in [0.15, 0.2) is 0 Å². The maximum atomic E-state index is 6.94. The van der Waals surface area contributed by atoms with Gasteiger partial charge in [-0.05, 0) is 19.4 Å². The summed E-state index contributed by atoms with van der Waals surface area (Å²) in [5.74, 6) is 0. The number of hydrogen-bond donors (Lipinski definition) is 1. The van der Waals surface area contributed by atoms with Crippen molar-refractivity contribution >= 4 is 0 Å². The molecule has 0 bridgehead atoms. The Labute approximate surface area is 44.1 Å². The molecule has 41 valence electrons. The minimum atomic E-state index is 0.514. The summed E-state index contributed by atoms with van der Waals surface area (Å²) in [6.45, 7) is 1.68. The summed E-state index contributed by atoms with van der Waals surface area (Å²) in [6.07, 6.45) is 2.48. The molecule has 1 atom stereocenters. The average Bonchev–Trinajstić information content (AvgIpc) is 2.14. The van der Waals surface area contributed by atoms with E-state index in [4.69, 9.17) is 5.73 Å². The Bertz CT molecular complexity index is 48.0. The van der Waals surface area contributed by atoms with Crippen molar-refractivity contribution in [3.63, 3.8) is 0 Å². The highest BCUT2D eigenvalue weighted by Gasteiger charge is 2.10. The van der Waals surface area contributed by atoms with Crippen LogP contribution < -0.4 is 11.1 Å². The van der Waals surface area contributed by atoms with E-state index in [0.29, 0.717) is 12.6 Å². The van der Waals surface area contributed by atoms with Gasteiger partial charge in [0.05, 0.1) is 0 Å². The average molecular weight is 99.2 g/mol. The molecule has 1 aliphatic rings. The van der Waals surface area contributed by atoms with E-state index in [-0.39, 0.29) is 0 Å². The van der Waals surface area contributed by atoms with Gasteiger partial charge in [0.25, 0.3) is 0 Å². The van der Waals surface area contributed by atoms with Crippen LogP contribution in [-0.4, -0.2) is 19.1 Å². The molecule has 0 aliphatic carbocycles. The zero-order chi connectivity index (χ0) is 5.11. The maximum Gasteiger partial charge on any atom is 0.0254 e. The van der Waals surface area contributed by atoms with Crippen molar-refractivity contribution in [2.45, 2.75) is 18.9 Å². The van der Waals surface area contributed by atoms with Crippen molar-refractivity contribution in [2.24, 2.45) is 0 Å². The van der Waals surface area contributed by atoms with Gasteiger partial charge in [-0.15, -0.1) is 0 Å². The maximum absolute atomic E-state index is 6.94. The highest BCUT2D eigenvalue weighted by atomic mass is 15.0. The Morgan fingerprint density at radius 3 is 2.86 bits per heavy atom. The smallest absolute Gasteiger partial charge is 0.0254 e. The molecule has 1 saturated heterocycles. The molecule has 0 saturated carbocycles. The summed E-state index contributed by atoms with van der Waals surface area (Å²) in [7, 11) is 0. The molecule has 2 nitrogen and oxygen atoms in total. The van der Waals surface area contributed by atoms with Crippen LogP contribution in [0, 0.1) is 0 Å². The van der Waals surface area contributed by atoms with E-state index in [1.54, 1.807) is 0 Å². The summed E-state index contributed by atoms with van der Waals surface area (Å²) in [5.41, 5.74) is 6.94. The molecule has 1 radical (unpaired) electrons. The Hall–Kier alpha value is -0.0800. The fourth-order valence-corrected chi connectivity index (χ4v) is 0.931. The topological polar surface area (TPSA) is 35.8 Å². The van der Waals surface area contributed by atoms with Crippen molar-refractivity contribution < 1.29 is 0 Å². The molecule has 0 aromatic heterocycles. The van der Waals surface area contributed by atoms with Crippen LogP contribution in [0.1, 0.15) is 12.8 Å². The van der Waals surface area contributed by atoms with E-state index < -0.39 is 0 Å². The third-order valence-corrected chi connectivity index (χ3v) is 1.41. The summed E-state index contributed by atoms with van der Waals surface area (Å²) in [5, 5.41) is 3.22. The van der Waals surface area contributed by atoms with E-state index in [1.165, 1.54) is 12.8 Å². The van der Waals surface area contributed by atoms with Crippen LogP contribution in [0.25, 0.3) is 0 Å². The lowest BCUT2D eigenvalue weighted by atomic mass is 10.2. The van der Waals surface area contributed by atoms with Crippen LogP contribution in [0.4, 0.5) is 0 Å². The molecule has 0 spiro atoms. The van der Waals surface area contributed by atoms with Crippen LogP contribution >= 0.6 is 0 Å². The van der Waals surface area contributed by atoms with Crippen LogP contribution in [0.15, 0.2) is 0 Å². The van der Waals surface area contributed by atoms with Crippen LogP contribution in [0.3, 0.4) is 0 Å². The first-order chi connectivity index (χ1) is 3.43. The third kappa shape index (κ3) is 1.14. The van der Waals surface area contributed by atoms with Gasteiger partial charge in [0.1, 0.15) is 0 Å². The minimum Gasteiger partial charge on any atom is -0.313 e. The first-order valence-corrected chi connectivity index (χ1v) is 2.81. The molecule has 1 heterocycles. The molecule has 0 aromatic rings. The lowest BCUT2D eigenvalue weighted by Gasteiger charge is -2.01. The van der Waals surface area contributed by atoms with E-state index in [9.17, 15) is 0 Å². The zero-order valence-corrected chi connectivity index (χ0v) is 4.41. The van der Waals surface area contributed by atoms with E-state index in [0.717, 1.165) is 6.54 Å². The molecule has 2 heteroatoms. The monoisotopic (exact) mass is 99.1 g/mol. The van der Waals surface area contributed by atoms with Gasteiger partial charge in [-0.25, -0.2) is 0 Å². The van der Waals surface area contributed by atoms with Crippen LogP contribution in [0.5, 0.6) is 0 Å². The first kappa shape index (κ1) is 5.06. The lowest BCUT2D eigenvalue weighted by molar-refractivity contribution is 0.608. The quantitative estimate of drug-likeness (QED) is 0.494. The molecular formula is C5H11N2. The zero-order valence-electron chi connectivity index (χ0n) is 4.41. The standard InChI is InChI=1S/C5H11N2/c6-4-5-2-1-3-7-5/h5-7H,1-4H2. The molecule has 0 aromatic carbocycles. The summed E-state index contributed by atoms with van der Waals surface area (Å²) >= 11 is 0. The lowest BCUT2D eigenvalue weighted by Crippen LogP contribution is -2.25. The Morgan fingerprint density at radius 1 is 1.71 bits per heavy atom. The second-order valence-corrected chi connectivity index (χ2v) is 2.00. The summed E-state index contributed by atoms with van der Waals surface area (Å²) < 4.78 is 0. The predicted molar refractivity (Wildman–Crippen MR) is 29.0 cm³/mol. The van der Waals surface area contributed by atoms with Crippen molar-refractivity contribution in [3.8, 4) is 0 Å². The largest absolute Gasteiger partial charge is 0.313 e. The second-order valence-electron chi connectivity index (χ2n) is 2.00. The highest BCUT2D eigenvalue weighted by molar-refractivity contribution is 4.73. The molecule has 1 aliphatic heterocycles. The predicted octanol–water partition coefficient (Wildman–Crippen LogP) is 0.0213. The Morgan fingerprint density at radius 2 is 2.57 bits per heavy atom. The van der Waals surface area contributed by atoms with E-state index >= 15 is 0 Å². The highest BCUT2D eigenvalue weighted by Crippen LogP contribution is 2.01. The molecule has 1 fully saturated rings. The van der Waals surface area contributed by atoms with Gasteiger partial charge >= 0.3 is 0 Å². The molecular weight excluding hydrogens is 88.1 g/mol. The normalized spacial score (nSPS) is 31.3. The first-order valence-electron chi connectivity index (χ1n) is 2.81. The van der Waals surface area contributed by atoms with Gasteiger partial charge in [0.2, 0.25) is 0 Å². The van der Waals surface area contributed by atoms with Crippen molar-refractivity contribution in [1.82, 2.24) is 11.1 Å². The number of nitrogens with one attached hydrogen (secondary N) is 2. The second kappa shape index (κ2) is 2.28. The van der Waals surface area contributed by atoms with Crippen molar-refractivity contribution in [3.05, 3.63) is 0 Å². The van der Waals surface area contributed by atoms with Gasteiger partial charge < -0.3 is 5.32 Å². The van der Waals surface area contributed by atoms with Gasteiger partial charge in [-0.2, -0.15) is 0 Å². The molecule has 1 rings (SSSR count). The summed E-state index contributed by atoms with van der Waals surface area (Å²) in [4.78, 5) is 0. The van der Waals surface area contributed by atoms with Crippen molar-refractivity contribution in [1.29, 1.82) is 0 Å². The molecule has 0 amide bonds.